The number of para-hydroxylation sites is 1. The van der Waals surface area contributed by atoms with Crippen molar-refractivity contribution in [2.75, 3.05) is 30.0 Å². The molecule has 7 heteroatoms. The van der Waals surface area contributed by atoms with Gasteiger partial charge in [-0.2, -0.15) is 0 Å². The van der Waals surface area contributed by atoms with E-state index in [1.54, 1.807) is 18.2 Å². The molecule has 1 aliphatic rings. The third kappa shape index (κ3) is 4.66. The van der Waals surface area contributed by atoms with Crippen LogP contribution in [-0.2, 0) is 0 Å². The van der Waals surface area contributed by atoms with Gasteiger partial charge in [0.15, 0.2) is 17.3 Å². The molecule has 0 radical (unpaired) electrons. The minimum absolute atomic E-state index is 0.165. The number of fused-ring (bicyclic) bond motifs is 1. The number of nitrogens with one attached hydrogen (secondary N) is 1. The second kappa shape index (κ2) is 9.26. The normalized spacial score (nSPS) is 12.8. The van der Waals surface area contributed by atoms with Crippen molar-refractivity contribution in [1.82, 2.24) is 4.98 Å². The van der Waals surface area contributed by atoms with Crippen LogP contribution in [0.1, 0.15) is 29.8 Å². The molecular weight excluding hydrogens is 409 g/mol. The van der Waals surface area contributed by atoms with Crippen LogP contribution in [0.25, 0.3) is 0 Å². The average Bonchev–Trinajstić information content (AvgIpc) is 2.78. The highest BCUT2D eigenvalue weighted by atomic mass is 19.1. The zero-order valence-electron chi connectivity index (χ0n) is 18.4. The highest BCUT2D eigenvalue weighted by molar-refractivity contribution is 6.07. The van der Waals surface area contributed by atoms with Crippen molar-refractivity contribution in [2.45, 2.75) is 20.8 Å². The molecule has 0 atom stereocenters. The zero-order valence-corrected chi connectivity index (χ0v) is 18.4. The van der Waals surface area contributed by atoms with E-state index >= 15 is 0 Å². The number of hydrogen-bond donors (Lipinski definition) is 1. The summed E-state index contributed by atoms with van der Waals surface area (Å²) in [6.07, 6.45) is 1.81. The molecule has 6 nitrogen and oxygen atoms in total. The Morgan fingerprint density at radius 1 is 1.25 bits per heavy atom. The Bertz CT molecular complexity index is 1120. The van der Waals surface area contributed by atoms with Crippen LogP contribution in [0.5, 0.6) is 11.5 Å². The summed E-state index contributed by atoms with van der Waals surface area (Å²) in [5.41, 5.74) is 2.56. The number of anilines is 3. The molecular formula is C25H26FN3O3. The molecule has 1 N–H and O–H groups in total. The molecule has 0 spiro atoms. The highest BCUT2D eigenvalue weighted by Crippen LogP contribution is 2.38. The summed E-state index contributed by atoms with van der Waals surface area (Å²) in [6.45, 7) is 7.43. The number of aromatic nitrogens is 1. The van der Waals surface area contributed by atoms with Gasteiger partial charge in [0.2, 0.25) is 0 Å². The molecule has 32 heavy (non-hydrogen) atoms. The third-order valence-corrected chi connectivity index (χ3v) is 5.03. The second-order valence-corrected chi connectivity index (χ2v) is 8.15. The van der Waals surface area contributed by atoms with Crippen molar-refractivity contribution in [1.29, 1.82) is 0 Å². The van der Waals surface area contributed by atoms with E-state index in [-0.39, 0.29) is 17.6 Å². The van der Waals surface area contributed by atoms with Gasteiger partial charge in [-0.05, 0) is 48.7 Å². The number of hydrogen-bond acceptors (Lipinski definition) is 5. The standard InChI is InChI=1S/C25H26FN3O3/c1-16(2)15-32-22-9-8-18(13-20(22)26)28-25(30)19-5-4-6-21-24(19)31-12-11-29(21)23-10-7-17(3)14-27-23/h4-10,13-14,16H,11-12,15H2,1-3H3,(H,28,30). The van der Waals surface area contributed by atoms with Crippen LogP contribution < -0.4 is 19.7 Å². The lowest BCUT2D eigenvalue weighted by molar-refractivity contribution is 0.102. The van der Waals surface area contributed by atoms with E-state index in [9.17, 15) is 9.18 Å². The van der Waals surface area contributed by atoms with E-state index in [1.165, 1.54) is 12.1 Å². The van der Waals surface area contributed by atoms with Gasteiger partial charge in [0.05, 0.1) is 24.4 Å². The number of amides is 1. The lowest BCUT2D eigenvalue weighted by atomic mass is 10.1. The van der Waals surface area contributed by atoms with Gasteiger partial charge in [-0.1, -0.05) is 26.0 Å². The van der Waals surface area contributed by atoms with Gasteiger partial charge in [-0.3, -0.25) is 4.79 Å². The molecule has 166 valence electrons. The molecule has 0 unspecified atom stereocenters. The second-order valence-electron chi connectivity index (χ2n) is 8.15. The van der Waals surface area contributed by atoms with E-state index in [0.717, 1.165) is 17.1 Å². The number of ether oxygens (including phenoxy) is 2. The van der Waals surface area contributed by atoms with E-state index < -0.39 is 5.82 Å². The van der Waals surface area contributed by atoms with Crippen molar-refractivity contribution in [3.63, 3.8) is 0 Å². The van der Waals surface area contributed by atoms with Crippen LogP contribution in [0, 0.1) is 18.7 Å². The molecule has 0 saturated heterocycles. The maximum Gasteiger partial charge on any atom is 0.259 e. The van der Waals surface area contributed by atoms with Crippen molar-refractivity contribution in [3.05, 3.63) is 71.7 Å². The van der Waals surface area contributed by atoms with Crippen LogP contribution in [0.2, 0.25) is 0 Å². The summed E-state index contributed by atoms with van der Waals surface area (Å²) in [6, 6.07) is 13.7. The zero-order chi connectivity index (χ0) is 22.7. The molecule has 0 bridgehead atoms. The average molecular weight is 435 g/mol. The number of aryl methyl sites for hydroxylation is 1. The van der Waals surface area contributed by atoms with E-state index in [1.807, 2.05) is 50.1 Å². The lowest BCUT2D eigenvalue weighted by Gasteiger charge is -2.31. The Kier molecular flexibility index (Phi) is 6.25. The van der Waals surface area contributed by atoms with Crippen LogP contribution in [0.3, 0.4) is 0 Å². The smallest absolute Gasteiger partial charge is 0.259 e. The maximum atomic E-state index is 14.4. The van der Waals surface area contributed by atoms with Crippen LogP contribution >= 0.6 is 0 Å². The number of nitrogens with zero attached hydrogens (tertiary/aromatic N) is 2. The van der Waals surface area contributed by atoms with Crippen molar-refractivity contribution >= 4 is 23.1 Å². The molecule has 0 saturated carbocycles. The van der Waals surface area contributed by atoms with Crippen molar-refractivity contribution in [2.24, 2.45) is 5.92 Å². The molecule has 1 aromatic heterocycles. The lowest BCUT2D eigenvalue weighted by Crippen LogP contribution is -2.30. The molecule has 3 aromatic rings. The van der Waals surface area contributed by atoms with Gasteiger partial charge >= 0.3 is 0 Å². The predicted octanol–water partition coefficient (Wildman–Crippen LogP) is 5.35. The predicted molar refractivity (Wildman–Crippen MR) is 123 cm³/mol. The van der Waals surface area contributed by atoms with Gasteiger partial charge in [0.25, 0.3) is 5.91 Å². The topological polar surface area (TPSA) is 63.7 Å². The fraction of sp³-hybridized carbons (Fsp3) is 0.280. The molecule has 0 fully saturated rings. The fourth-order valence-corrected chi connectivity index (χ4v) is 3.44. The number of halogens is 1. The quantitative estimate of drug-likeness (QED) is 0.566. The summed E-state index contributed by atoms with van der Waals surface area (Å²) in [7, 11) is 0. The number of benzene rings is 2. The Morgan fingerprint density at radius 3 is 2.81 bits per heavy atom. The first-order valence-corrected chi connectivity index (χ1v) is 10.6. The molecule has 1 aliphatic heterocycles. The monoisotopic (exact) mass is 435 g/mol. The largest absolute Gasteiger partial charge is 0.490 e. The third-order valence-electron chi connectivity index (χ3n) is 5.03. The summed E-state index contributed by atoms with van der Waals surface area (Å²) in [5.74, 6) is 0.820. The molecule has 4 rings (SSSR count). The van der Waals surface area contributed by atoms with Gasteiger partial charge < -0.3 is 19.7 Å². The first-order chi connectivity index (χ1) is 15.4. The molecule has 0 aliphatic carbocycles. The summed E-state index contributed by atoms with van der Waals surface area (Å²) in [4.78, 5) is 19.5. The minimum Gasteiger partial charge on any atom is -0.490 e. The van der Waals surface area contributed by atoms with E-state index in [4.69, 9.17) is 9.47 Å². The Labute approximate surface area is 187 Å². The molecule has 2 aromatic carbocycles. The highest BCUT2D eigenvalue weighted by Gasteiger charge is 2.25. The Hall–Kier alpha value is -3.61. The summed E-state index contributed by atoms with van der Waals surface area (Å²) >= 11 is 0. The minimum atomic E-state index is -0.522. The van der Waals surface area contributed by atoms with Gasteiger partial charge in [0.1, 0.15) is 12.4 Å². The fourth-order valence-electron chi connectivity index (χ4n) is 3.44. The van der Waals surface area contributed by atoms with E-state index in [2.05, 4.69) is 10.3 Å². The number of carbonyl (C=O) groups excluding carboxylic acids is 1. The molecule has 2 heterocycles. The van der Waals surface area contributed by atoms with Crippen molar-refractivity contribution in [3.8, 4) is 11.5 Å². The number of rotatable bonds is 6. The van der Waals surface area contributed by atoms with Crippen molar-refractivity contribution < 1.29 is 18.7 Å². The van der Waals surface area contributed by atoms with Gasteiger partial charge in [-0.15, -0.1) is 0 Å². The van der Waals surface area contributed by atoms with Gasteiger partial charge in [0, 0.05) is 18.0 Å². The first-order valence-electron chi connectivity index (χ1n) is 10.6. The van der Waals surface area contributed by atoms with Crippen LogP contribution in [0.15, 0.2) is 54.7 Å². The van der Waals surface area contributed by atoms with Gasteiger partial charge in [-0.25, -0.2) is 9.37 Å². The van der Waals surface area contributed by atoms with E-state index in [0.29, 0.717) is 36.8 Å². The number of pyridine rings is 1. The Morgan fingerprint density at radius 2 is 2.09 bits per heavy atom. The molecule has 1 amide bonds. The Balaban J connectivity index is 1.56. The first kappa shape index (κ1) is 21.6. The van der Waals surface area contributed by atoms with Crippen LogP contribution in [0.4, 0.5) is 21.6 Å². The number of carbonyl (C=O) groups is 1. The SMILES string of the molecule is Cc1ccc(N2CCOc3c(C(=O)Nc4ccc(OCC(C)C)c(F)c4)cccc32)nc1. The van der Waals surface area contributed by atoms with Crippen LogP contribution in [-0.4, -0.2) is 30.6 Å². The summed E-state index contributed by atoms with van der Waals surface area (Å²) in [5, 5.41) is 2.75. The summed E-state index contributed by atoms with van der Waals surface area (Å²) < 4.78 is 25.7. The maximum absolute atomic E-state index is 14.4.